The average molecular weight is 464 g/mol. The minimum atomic E-state index is -0.0600. The molecular formula is C25H29N5O2S. The van der Waals surface area contributed by atoms with E-state index in [4.69, 9.17) is 0 Å². The smallest absolute Gasteiger partial charge is 0.262 e. The summed E-state index contributed by atoms with van der Waals surface area (Å²) in [5, 5.41) is 9.92. The van der Waals surface area contributed by atoms with Crippen LogP contribution < -0.4 is 5.56 Å². The Kier molecular flexibility index (Phi) is 6.83. The molecule has 2 aromatic heterocycles. The fourth-order valence-corrected chi connectivity index (χ4v) is 4.68. The summed E-state index contributed by atoms with van der Waals surface area (Å²) in [5.41, 5.74) is 1.78. The Morgan fingerprint density at radius 1 is 1.03 bits per heavy atom. The number of aromatic nitrogens is 4. The second kappa shape index (κ2) is 9.79. The van der Waals surface area contributed by atoms with Crippen molar-refractivity contribution in [3.63, 3.8) is 0 Å². The summed E-state index contributed by atoms with van der Waals surface area (Å²) < 4.78 is 3.60. The molecule has 1 amide bonds. The van der Waals surface area contributed by atoms with Crippen LogP contribution >= 0.6 is 11.8 Å². The lowest BCUT2D eigenvalue weighted by molar-refractivity contribution is -0.128. The normalized spacial score (nSPS) is 12.5. The standard InChI is InChI=1S/C25H29N5O2S/c1-17(2)14-15-29-23(32)20-12-8-9-13-21(20)30-24(29)26-27-25(30)33-16-22(31)28(4)18(3)19-10-6-5-7-11-19/h5-13,17-18H,14-16H2,1-4H3. The molecule has 7 nitrogen and oxygen atoms in total. The van der Waals surface area contributed by atoms with Gasteiger partial charge in [-0.2, -0.15) is 0 Å². The van der Waals surface area contributed by atoms with Crippen LogP contribution in [-0.2, 0) is 11.3 Å². The minimum Gasteiger partial charge on any atom is -0.338 e. The van der Waals surface area contributed by atoms with E-state index in [2.05, 4.69) is 24.0 Å². The molecule has 172 valence electrons. The fraction of sp³-hybridized carbons (Fsp3) is 0.360. The number of hydrogen-bond donors (Lipinski definition) is 0. The van der Waals surface area contributed by atoms with Gasteiger partial charge >= 0.3 is 0 Å². The van der Waals surface area contributed by atoms with Crippen molar-refractivity contribution in [2.75, 3.05) is 12.8 Å². The number of carbonyl (C=O) groups excluding carboxylic acids is 1. The average Bonchev–Trinajstić information content (AvgIpc) is 3.25. The largest absolute Gasteiger partial charge is 0.338 e. The Hall–Kier alpha value is -3.13. The van der Waals surface area contributed by atoms with Crippen molar-refractivity contribution in [3.05, 3.63) is 70.5 Å². The quantitative estimate of drug-likeness (QED) is 0.362. The van der Waals surface area contributed by atoms with Gasteiger partial charge in [-0.1, -0.05) is 68.1 Å². The molecule has 0 aliphatic carbocycles. The van der Waals surface area contributed by atoms with E-state index in [1.807, 2.05) is 73.0 Å². The van der Waals surface area contributed by atoms with Crippen molar-refractivity contribution in [2.45, 2.75) is 44.9 Å². The Balaban J connectivity index is 1.63. The maximum atomic E-state index is 13.1. The van der Waals surface area contributed by atoms with Gasteiger partial charge in [-0.15, -0.1) is 10.2 Å². The Bertz CT molecular complexity index is 1330. The molecule has 0 spiro atoms. The van der Waals surface area contributed by atoms with Crippen LogP contribution in [0.4, 0.5) is 0 Å². The van der Waals surface area contributed by atoms with Crippen molar-refractivity contribution in [1.82, 2.24) is 24.1 Å². The van der Waals surface area contributed by atoms with Crippen LogP contribution in [0.3, 0.4) is 0 Å². The van der Waals surface area contributed by atoms with Crippen molar-refractivity contribution in [3.8, 4) is 0 Å². The number of benzene rings is 2. The first-order chi connectivity index (χ1) is 15.9. The summed E-state index contributed by atoms with van der Waals surface area (Å²) in [6, 6.07) is 17.4. The van der Waals surface area contributed by atoms with Crippen LogP contribution in [0, 0.1) is 5.92 Å². The maximum absolute atomic E-state index is 13.1. The van der Waals surface area contributed by atoms with Gasteiger partial charge in [0.25, 0.3) is 5.56 Å². The van der Waals surface area contributed by atoms with Crippen LogP contribution in [0.15, 0.2) is 64.5 Å². The van der Waals surface area contributed by atoms with Crippen LogP contribution in [-0.4, -0.2) is 42.8 Å². The minimum absolute atomic E-state index is 0.00513. The summed E-state index contributed by atoms with van der Waals surface area (Å²) in [6.45, 7) is 6.86. The molecule has 1 atom stereocenters. The maximum Gasteiger partial charge on any atom is 0.262 e. The molecule has 0 N–H and O–H groups in total. The summed E-state index contributed by atoms with van der Waals surface area (Å²) in [6.07, 6.45) is 0.865. The molecule has 8 heteroatoms. The number of rotatable bonds is 8. The monoisotopic (exact) mass is 463 g/mol. The summed E-state index contributed by atoms with van der Waals surface area (Å²) in [4.78, 5) is 27.8. The van der Waals surface area contributed by atoms with E-state index in [0.717, 1.165) is 17.5 Å². The molecule has 2 aromatic carbocycles. The van der Waals surface area contributed by atoms with Gasteiger partial charge in [0.2, 0.25) is 11.7 Å². The summed E-state index contributed by atoms with van der Waals surface area (Å²) >= 11 is 1.34. The molecule has 0 radical (unpaired) electrons. The van der Waals surface area contributed by atoms with E-state index >= 15 is 0 Å². The van der Waals surface area contributed by atoms with Gasteiger partial charge in [-0.05, 0) is 37.0 Å². The molecule has 2 heterocycles. The lowest BCUT2D eigenvalue weighted by Gasteiger charge is -2.25. The Morgan fingerprint density at radius 3 is 2.45 bits per heavy atom. The molecule has 33 heavy (non-hydrogen) atoms. The van der Waals surface area contributed by atoms with E-state index in [1.165, 1.54) is 11.8 Å². The molecular weight excluding hydrogens is 434 g/mol. The first kappa shape index (κ1) is 23.0. The van der Waals surface area contributed by atoms with Crippen molar-refractivity contribution >= 4 is 34.3 Å². The second-order valence-electron chi connectivity index (χ2n) is 8.65. The molecule has 0 aliphatic heterocycles. The zero-order valence-corrected chi connectivity index (χ0v) is 20.2. The molecule has 0 aliphatic rings. The van der Waals surface area contributed by atoms with Crippen molar-refractivity contribution < 1.29 is 4.79 Å². The third kappa shape index (κ3) is 4.66. The highest BCUT2D eigenvalue weighted by Gasteiger charge is 2.21. The molecule has 1 unspecified atom stereocenters. The molecule has 0 saturated heterocycles. The first-order valence-electron chi connectivity index (χ1n) is 11.2. The summed E-state index contributed by atoms with van der Waals surface area (Å²) in [7, 11) is 1.82. The van der Waals surface area contributed by atoms with E-state index in [-0.39, 0.29) is 23.3 Å². The number of hydrogen-bond acceptors (Lipinski definition) is 5. The van der Waals surface area contributed by atoms with E-state index in [1.54, 1.807) is 9.47 Å². The molecule has 4 aromatic rings. The van der Waals surface area contributed by atoms with Gasteiger partial charge in [0, 0.05) is 13.6 Å². The Morgan fingerprint density at radius 2 is 1.73 bits per heavy atom. The van der Waals surface area contributed by atoms with E-state index in [0.29, 0.717) is 28.8 Å². The zero-order chi connectivity index (χ0) is 23.5. The van der Waals surface area contributed by atoms with Gasteiger partial charge in [0.05, 0.1) is 22.7 Å². The second-order valence-corrected chi connectivity index (χ2v) is 9.60. The lowest BCUT2D eigenvalue weighted by atomic mass is 10.1. The molecule has 0 fully saturated rings. The SMILES string of the molecule is CC(C)CCn1c(=O)c2ccccc2n2c(SCC(=O)N(C)C(C)c3ccccc3)nnc12. The van der Waals surface area contributed by atoms with Gasteiger partial charge in [-0.3, -0.25) is 18.6 Å². The number of fused-ring (bicyclic) bond motifs is 3. The van der Waals surface area contributed by atoms with Crippen LogP contribution in [0.25, 0.3) is 16.7 Å². The van der Waals surface area contributed by atoms with Crippen molar-refractivity contribution in [1.29, 1.82) is 0 Å². The highest BCUT2D eigenvalue weighted by Crippen LogP contribution is 2.24. The van der Waals surface area contributed by atoms with Crippen molar-refractivity contribution in [2.24, 2.45) is 5.92 Å². The number of carbonyl (C=O) groups is 1. The van der Waals surface area contributed by atoms with Crippen LogP contribution in [0.1, 0.15) is 38.8 Å². The first-order valence-corrected chi connectivity index (χ1v) is 12.2. The third-order valence-electron chi connectivity index (χ3n) is 5.99. The highest BCUT2D eigenvalue weighted by atomic mass is 32.2. The van der Waals surface area contributed by atoms with Gasteiger partial charge in [0.15, 0.2) is 5.16 Å². The molecule has 0 saturated carbocycles. The predicted molar refractivity (Wildman–Crippen MR) is 133 cm³/mol. The van der Waals surface area contributed by atoms with Crippen LogP contribution in [0.2, 0.25) is 0 Å². The topological polar surface area (TPSA) is 72.5 Å². The number of aryl methyl sites for hydroxylation is 1. The highest BCUT2D eigenvalue weighted by molar-refractivity contribution is 7.99. The number of para-hydroxylation sites is 1. The number of nitrogens with zero attached hydrogens (tertiary/aromatic N) is 5. The van der Waals surface area contributed by atoms with Gasteiger partial charge in [-0.25, -0.2) is 0 Å². The number of amides is 1. The predicted octanol–water partition coefficient (Wildman–Crippen LogP) is 4.40. The van der Waals surface area contributed by atoms with Gasteiger partial charge < -0.3 is 4.90 Å². The zero-order valence-electron chi connectivity index (χ0n) is 19.4. The molecule has 4 rings (SSSR count). The summed E-state index contributed by atoms with van der Waals surface area (Å²) in [5.74, 6) is 1.21. The number of thioether (sulfide) groups is 1. The Labute approximate surface area is 197 Å². The lowest BCUT2D eigenvalue weighted by Crippen LogP contribution is -2.31. The van der Waals surface area contributed by atoms with E-state index < -0.39 is 0 Å². The molecule has 0 bridgehead atoms. The van der Waals surface area contributed by atoms with E-state index in [9.17, 15) is 9.59 Å². The van der Waals surface area contributed by atoms with Gasteiger partial charge in [0.1, 0.15) is 0 Å². The van der Waals surface area contributed by atoms with Crippen LogP contribution in [0.5, 0.6) is 0 Å². The fourth-order valence-electron chi connectivity index (χ4n) is 3.82. The third-order valence-corrected chi connectivity index (χ3v) is 6.90.